The number of nitrogens with zero attached hydrogens (tertiary/aromatic N) is 2. The molecule has 0 radical (unpaired) electrons. The van der Waals surface area contributed by atoms with Gasteiger partial charge in [-0.3, -0.25) is 0 Å². The van der Waals surface area contributed by atoms with Gasteiger partial charge < -0.3 is 15.5 Å². The molecule has 0 aliphatic carbocycles. The van der Waals surface area contributed by atoms with Gasteiger partial charge in [0.05, 0.1) is 12.6 Å². The number of benzene rings is 2. The molecule has 0 fully saturated rings. The van der Waals surface area contributed by atoms with E-state index in [2.05, 4.69) is 15.2 Å². The predicted molar refractivity (Wildman–Crippen MR) is 102 cm³/mol. The molecule has 2 aromatic heterocycles. The van der Waals surface area contributed by atoms with E-state index in [1.54, 1.807) is 0 Å². The van der Waals surface area contributed by atoms with Crippen LogP contribution in [0, 0.1) is 13.8 Å². The average Bonchev–Trinajstić information content (AvgIpc) is 3.01. The lowest BCUT2D eigenvalue weighted by Gasteiger charge is -2.10. The van der Waals surface area contributed by atoms with Crippen molar-refractivity contribution >= 4 is 33.5 Å². The fourth-order valence-electron chi connectivity index (χ4n) is 3.27. The smallest absolute Gasteiger partial charge is 0.360 e. The van der Waals surface area contributed by atoms with E-state index in [0.717, 1.165) is 33.0 Å². The number of aryl methyl sites for hydroxylation is 1. The second-order valence-corrected chi connectivity index (χ2v) is 6.33. The molecule has 0 bridgehead atoms. The minimum absolute atomic E-state index is 0.168. The minimum atomic E-state index is -0.526. The van der Waals surface area contributed by atoms with E-state index in [9.17, 15) is 4.79 Å². The molecule has 4 aromatic rings. The molecule has 130 valence electrons. The van der Waals surface area contributed by atoms with Crippen LogP contribution in [-0.2, 0) is 4.74 Å². The fraction of sp³-hybridized carbons (Fsp3) is 0.150. The van der Waals surface area contributed by atoms with Crippen molar-refractivity contribution in [2.45, 2.75) is 13.8 Å². The number of rotatable bonds is 2. The maximum absolute atomic E-state index is 12.2. The molecule has 4 rings (SSSR count). The molecule has 3 N–H and O–H groups in total. The largest absolute Gasteiger partial charge is 0.464 e. The summed E-state index contributed by atoms with van der Waals surface area (Å²) < 4.78 is 4.87. The molecule has 0 amide bonds. The van der Waals surface area contributed by atoms with Gasteiger partial charge in [-0.2, -0.15) is 0 Å². The quantitative estimate of drug-likeness (QED) is 0.426. The van der Waals surface area contributed by atoms with Crippen LogP contribution in [0.4, 0.5) is 5.69 Å². The van der Waals surface area contributed by atoms with E-state index in [1.165, 1.54) is 7.11 Å². The predicted octanol–water partition coefficient (Wildman–Crippen LogP) is 3.76. The SMILES string of the molecule is COC(=O)c1nnc(-c2cccc(N)c2C)c2c1[nH]c1cc(C)ccc12. The van der Waals surface area contributed by atoms with Crippen LogP contribution in [-0.4, -0.2) is 28.3 Å². The molecule has 0 saturated carbocycles. The highest BCUT2D eigenvalue weighted by Crippen LogP contribution is 2.36. The summed E-state index contributed by atoms with van der Waals surface area (Å²) in [5.74, 6) is -0.526. The summed E-state index contributed by atoms with van der Waals surface area (Å²) in [6.07, 6.45) is 0. The van der Waals surface area contributed by atoms with Gasteiger partial charge in [-0.25, -0.2) is 4.79 Å². The van der Waals surface area contributed by atoms with Gasteiger partial charge in [-0.15, -0.1) is 10.2 Å². The lowest BCUT2D eigenvalue weighted by atomic mass is 9.99. The van der Waals surface area contributed by atoms with E-state index < -0.39 is 5.97 Å². The lowest BCUT2D eigenvalue weighted by molar-refractivity contribution is 0.0595. The van der Waals surface area contributed by atoms with E-state index in [-0.39, 0.29) is 5.69 Å². The molecule has 0 aliphatic rings. The van der Waals surface area contributed by atoms with Crippen molar-refractivity contribution in [2.75, 3.05) is 12.8 Å². The Morgan fingerprint density at radius 2 is 1.96 bits per heavy atom. The second-order valence-electron chi connectivity index (χ2n) is 6.33. The number of anilines is 1. The van der Waals surface area contributed by atoms with Gasteiger partial charge in [0.15, 0.2) is 5.69 Å². The summed E-state index contributed by atoms with van der Waals surface area (Å²) in [6.45, 7) is 3.97. The monoisotopic (exact) mass is 346 g/mol. The molecule has 0 aliphatic heterocycles. The van der Waals surface area contributed by atoms with E-state index in [4.69, 9.17) is 10.5 Å². The number of H-pyrrole nitrogens is 1. The third-order valence-corrected chi connectivity index (χ3v) is 4.69. The van der Waals surface area contributed by atoms with Gasteiger partial charge in [0.1, 0.15) is 5.69 Å². The van der Waals surface area contributed by atoms with Crippen molar-refractivity contribution in [1.82, 2.24) is 15.2 Å². The van der Waals surface area contributed by atoms with Crippen molar-refractivity contribution in [3.8, 4) is 11.3 Å². The Hall–Kier alpha value is -3.41. The number of ether oxygens (including phenoxy) is 1. The van der Waals surface area contributed by atoms with Crippen molar-refractivity contribution in [3.05, 3.63) is 53.2 Å². The topological polar surface area (TPSA) is 93.9 Å². The zero-order valence-electron chi connectivity index (χ0n) is 14.8. The highest BCUT2D eigenvalue weighted by molar-refractivity contribution is 6.17. The van der Waals surface area contributed by atoms with Gasteiger partial charge in [-0.1, -0.05) is 24.3 Å². The van der Waals surface area contributed by atoms with Crippen molar-refractivity contribution < 1.29 is 9.53 Å². The summed E-state index contributed by atoms with van der Waals surface area (Å²) in [5.41, 5.74) is 12.1. The Morgan fingerprint density at radius 3 is 2.73 bits per heavy atom. The summed E-state index contributed by atoms with van der Waals surface area (Å²) in [4.78, 5) is 15.5. The number of methoxy groups -OCH3 is 1. The van der Waals surface area contributed by atoms with E-state index in [0.29, 0.717) is 16.9 Å². The van der Waals surface area contributed by atoms with E-state index in [1.807, 2.05) is 50.2 Å². The van der Waals surface area contributed by atoms with Gasteiger partial charge in [0.25, 0.3) is 0 Å². The fourth-order valence-corrected chi connectivity index (χ4v) is 3.27. The van der Waals surface area contributed by atoms with Crippen molar-refractivity contribution in [3.63, 3.8) is 0 Å². The molecule has 2 heterocycles. The first-order chi connectivity index (χ1) is 12.5. The zero-order valence-corrected chi connectivity index (χ0v) is 14.8. The third kappa shape index (κ3) is 2.30. The number of esters is 1. The van der Waals surface area contributed by atoms with Gasteiger partial charge in [-0.05, 0) is 37.1 Å². The van der Waals surface area contributed by atoms with Crippen LogP contribution in [0.1, 0.15) is 21.6 Å². The number of fused-ring (bicyclic) bond motifs is 3. The molecule has 2 aromatic carbocycles. The Labute approximate surface area is 150 Å². The Kier molecular flexibility index (Phi) is 3.61. The normalized spacial score (nSPS) is 11.2. The summed E-state index contributed by atoms with van der Waals surface area (Å²) in [6, 6.07) is 11.8. The number of aromatic nitrogens is 3. The van der Waals surface area contributed by atoms with Crippen LogP contribution in [0.2, 0.25) is 0 Å². The first-order valence-corrected chi connectivity index (χ1v) is 8.23. The Bertz CT molecular complexity index is 1180. The number of nitrogens with one attached hydrogen (secondary N) is 1. The molecule has 6 heteroatoms. The standard InChI is InChI=1S/C20H18N4O2/c1-10-7-8-13-15(9-10)22-18-16(13)17(23-24-19(18)20(25)26-3)12-5-4-6-14(21)11(12)2/h4-9,22H,21H2,1-3H3. The Balaban J connectivity index is 2.16. The molecule has 0 spiro atoms. The minimum Gasteiger partial charge on any atom is -0.464 e. The molecule has 0 saturated heterocycles. The molecular weight excluding hydrogens is 328 g/mol. The number of aromatic amines is 1. The highest BCUT2D eigenvalue weighted by Gasteiger charge is 2.22. The van der Waals surface area contributed by atoms with Gasteiger partial charge >= 0.3 is 5.97 Å². The Morgan fingerprint density at radius 1 is 1.15 bits per heavy atom. The number of hydrogen-bond donors (Lipinski definition) is 2. The zero-order chi connectivity index (χ0) is 18.4. The second kappa shape index (κ2) is 5.84. The molecule has 0 atom stereocenters. The van der Waals surface area contributed by atoms with Crippen molar-refractivity contribution in [2.24, 2.45) is 0 Å². The molecule has 26 heavy (non-hydrogen) atoms. The molecule has 6 nitrogen and oxygen atoms in total. The van der Waals surface area contributed by atoms with Crippen LogP contribution < -0.4 is 5.73 Å². The van der Waals surface area contributed by atoms with Crippen LogP contribution >= 0.6 is 0 Å². The first-order valence-electron chi connectivity index (χ1n) is 8.23. The van der Waals surface area contributed by atoms with Crippen LogP contribution in [0.25, 0.3) is 33.1 Å². The first kappa shape index (κ1) is 16.1. The summed E-state index contributed by atoms with van der Waals surface area (Å²) in [7, 11) is 1.33. The van der Waals surface area contributed by atoms with Gasteiger partial charge in [0, 0.05) is 27.5 Å². The maximum atomic E-state index is 12.2. The van der Waals surface area contributed by atoms with Gasteiger partial charge in [0.2, 0.25) is 0 Å². The number of carbonyl (C=O) groups excluding carboxylic acids is 1. The number of nitrogens with two attached hydrogens (primary N) is 1. The van der Waals surface area contributed by atoms with Crippen LogP contribution in [0.3, 0.4) is 0 Å². The van der Waals surface area contributed by atoms with E-state index >= 15 is 0 Å². The number of nitrogen functional groups attached to an aromatic ring is 1. The average molecular weight is 346 g/mol. The van der Waals surface area contributed by atoms with Crippen LogP contribution in [0.5, 0.6) is 0 Å². The summed E-state index contributed by atoms with van der Waals surface area (Å²) in [5, 5.41) is 10.3. The lowest BCUT2D eigenvalue weighted by Crippen LogP contribution is -2.07. The molecule has 0 unspecified atom stereocenters. The number of hydrogen-bond acceptors (Lipinski definition) is 5. The van der Waals surface area contributed by atoms with Crippen molar-refractivity contribution in [1.29, 1.82) is 0 Å². The number of carbonyl (C=O) groups is 1. The molecular formula is C20H18N4O2. The maximum Gasteiger partial charge on any atom is 0.360 e. The third-order valence-electron chi connectivity index (χ3n) is 4.69. The summed E-state index contributed by atoms with van der Waals surface area (Å²) >= 11 is 0. The highest BCUT2D eigenvalue weighted by atomic mass is 16.5. The van der Waals surface area contributed by atoms with Crippen LogP contribution in [0.15, 0.2) is 36.4 Å².